The monoisotopic (exact) mass is 945 g/mol. The summed E-state index contributed by atoms with van der Waals surface area (Å²) in [4.78, 5) is 83.7. The van der Waals surface area contributed by atoms with Crippen molar-refractivity contribution in [3.8, 4) is 5.75 Å². The van der Waals surface area contributed by atoms with Gasteiger partial charge in [-0.25, -0.2) is 33.8 Å². The molecular weight excluding hydrogens is 865 g/mol. The molecule has 2 rings (SSSR count). The molecule has 0 spiro atoms. The van der Waals surface area contributed by atoms with Gasteiger partial charge in [0, 0.05) is 38.8 Å². The number of aliphatic imine (C=N–C) groups is 3. The van der Waals surface area contributed by atoms with Gasteiger partial charge in [-0.15, -0.1) is 9.98 Å². The van der Waals surface area contributed by atoms with E-state index in [1.54, 1.807) is 104 Å². The van der Waals surface area contributed by atoms with E-state index in [0.717, 1.165) is 55.1 Å². The van der Waals surface area contributed by atoms with Crippen LogP contribution in [0.15, 0.2) is 39.2 Å². The van der Waals surface area contributed by atoms with Gasteiger partial charge in [-0.1, -0.05) is 25.7 Å². The van der Waals surface area contributed by atoms with Crippen LogP contribution in [0.5, 0.6) is 5.75 Å². The van der Waals surface area contributed by atoms with Gasteiger partial charge < -0.3 is 38.6 Å². The molecule has 0 radical (unpaired) electrons. The van der Waals surface area contributed by atoms with Gasteiger partial charge in [-0.2, -0.15) is 0 Å². The lowest BCUT2D eigenvalue weighted by atomic mass is 10.1. The summed E-state index contributed by atoms with van der Waals surface area (Å²) in [6, 6.07) is 7.48. The van der Waals surface area contributed by atoms with E-state index >= 15 is 0 Å². The van der Waals surface area contributed by atoms with E-state index in [0.29, 0.717) is 31.6 Å². The maximum atomic E-state index is 14.1. The molecule has 19 heteroatoms. The topological polar surface area (TPSA) is 212 Å². The number of benzene rings is 1. The summed E-state index contributed by atoms with van der Waals surface area (Å²) in [7, 11) is 2.01. The Morgan fingerprint density at radius 1 is 0.627 bits per heavy atom. The summed E-state index contributed by atoms with van der Waals surface area (Å²) in [6.07, 6.45) is 0.765. The molecule has 1 aliphatic rings. The van der Waals surface area contributed by atoms with Crippen LogP contribution in [0.2, 0.25) is 0 Å². The molecule has 0 saturated carbocycles. The Bertz CT molecular complexity index is 1880. The first kappa shape index (κ1) is 57.5. The van der Waals surface area contributed by atoms with Crippen LogP contribution in [0.1, 0.15) is 154 Å². The van der Waals surface area contributed by atoms with Crippen molar-refractivity contribution in [2.75, 3.05) is 46.4 Å². The fourth-order valence-electron chi connectivity index (χ4n) is 6.00. The summed E-state index contributed by atoms with van der Waals surface area (Å²) in [5, 5.41) is 5.47. The zero-order chi connectivity index (χ0) is 50.8. The fourth-order valence-corrected chi connectivity index (χ4v) is 6.00. The standard InChI is InChI=1S/C48H80N8O11/c1-44(2,3)63-39(57)51-37(52-40(58)64-45(4,5)6)50-28-21-19-17-18-20-22-31-55(42(60)66-47(10,11)12)38(53-41(59)65-46(7,8)9)56(43(61)67-48(13,14)15)32-33-62-35-26-24-34(25-27-35)36-49-29-23-30-54(36)16/h24-27H,17-23,28-33H2,1-16H3,(H2,50,51,52,57,58)/b53-38-. The van der Waals surface area contributed by atoms with Gasteiger partial charge in [-0.05, 0) is 147 Å². The molecule has 19 nitrogen and oxygen atoms in total. The van der Waals surface area contributed by atoms with E-state index in [4.69, 9.17) is 28.4 Å². The molecule has 67 heavy (non-hydrogen) atoms. The zero-order valence-corrected chi connectivity index (χ0v) is 43.2. The van der Waals surface area contributed by atoms with Crippen molar-refractivity contribution < 1.29 is 52.4 Å². The van der Waals surface area contributed by atoms with E-state index in [2.05, 4.69) is 30.5 Å². The van der Waals surface area contributed by atoms with Crippen molar-refractivity contribution in [1.29, 1.82) is 0 Å². The van der Waals surface area contributed by atoms with Gasteiger partial charge in [0.2, 0.25) is 11.9 Å². The van der Waals surface area contributed by atoms with Crippen LogP contribution in [0.3, 0.4) is 0 Å². The molecule has 5 amide bonds. The summed E-state index contributed by atoms with van der Waals surface area (Å²) < 4.78 is 33.9. The van der Waals surface area contributed by atoms with E-state index in [1.165, 1.54) is 4.90 Å². The highest BCUT2D eigenvalue weighted by Gasteiger charge is 2.36. The lowest BCUT2D eigenvalue weighted by molar-refractivity contribution is 0.0259. The van der Waals surface area contributed by atoms with Gasteiger partial charge in [-0.3, -0.25) is 10.3 Å². The molecule has 1 aliphatic heterocycles. The molecule has 1 aromatic carbocycles. The highest BCUT2D eigenvalue weighted by atomic mass is 16.6. The molecule has 1 heterocycles. The van der Waals surface area contributed by atoms with Gasteiger partial charge in [0.1, 0.15) is 46.2 Å². The van der Waals surface area contributed by atoms with Gasteiger partial charge in [0.25, 0.3) is 0 Å². The number of ether oxygens (including phenoxy) is 6. The van der Waals surface area contributed by atoms with Gasteiger partial charge in [0.15, 0.2) is 0 Å². The summed E-state index contributed by atoms with van der Waals surface area (Å²) in [5.74, 6) is 1.02. The van der Waals surface area contributed by atoms with Crippen LogP contribution in [0.4, 0.5) is 24.0 Å². The second-order valence-electron chi connectivity index (χ2n) is 21.1. The van der Waals surface area contributed by atoms with Crippen molar-refractivity contribution >= 4 is 48.2 Å². The summed E-state index contributed by atoms with van der Waals surface area (Å²) in [6.45, 7) is 27.5. The number of unbranched alkanes of at least 4 members (excludes halogenated alkanes) is 5. The molecule has 1 aromatic rings. The number of alkyl carbamates (subject to hydrolysis) is 1. The second kappa shape index (κ2) is 25.5. The molecular formula is C48H80N8O11. The minimum atomic E-state index is -1.02. The SMILES string of the molecule is CN1CCCN=C1c1ccc(OCCN(C(=O)OC(C)(C)C)/C(=N\C(=O)OC(C)(C)C)N(CCCCCCCCN/C(=N\C(=O)OC(C)(C)C)NC(=O)OC(C)(C)C)C(=O)OC(C)(C)C)cc1. The van der Waals surface area contributed by atoms with Crippen LogP contribution in [0.25, 0.3) is 0 Å². The van der Waals surface area contributed by atoms with Crippen LogP contribution < -0.4 is 15.4 Å². The van der Waals surface area contributed by atoms with Gasteiger partial charge >= 0.3 is 30.5 Å². The van der Waals surface area contributed by atoms with Crippen LogP contribution in [0, 0.1) is 0 Å². The predicted octanol–water partition coefficient (Wildman–Crippen LogP) is 9.66. The molecule has 2 N–H and O–H groups in total. The number of nitrogens with zero attached hydrogens (tertiary/aromatic N) is 6. The molecule has 0 atom stereocenters. The lowest BCUT2D eigenvalue weighted by Crippen LogP contribution is -2.53. The van der Waals surface area contributed by atoms with Crippen molar-refractivity contribution in [3.05, 3.63) is 29.8 Å². The minimum Gasteiger partial charge on any atom is -0.492 e. The average Bonchev–Trinajstić information content (AvgIpc) is 3.13. The molecule has 378 valence electrons. The van der Waals surface area contributed by atoms with Crippen LogP contribution in [-0.2, 0) is 23.7 Å². The van der Waals surface area contributed by atoms with Crippen LogP contribution >= 0.6 is 0 Å². The van der Waals surface area contributed by atoms with Crippen molar-refractivity contribution in [2.24, 2.45) is 15.0 Å². The zero-order valence-electron chi connectivity index (χ0n) is 43.2. The second-order valence-corrected chi connectivity index (χ2v) is 21.1. The number of amidine groups is 1. The van der Waals surface area contributed by atoms with E-state index in [1.807, 2.05) is 31.3 Å². The Kier molecular flexibility index (Phi) is 21.9. The normalized spacial score (nSPS) is 14.0. The smallest absolute Gasteiger partial charge is 0.437 e. The van der Waals surface area contributed by atoms with E-state index < -0.39 is 58.5 Å². The molecule has 0 unspecified atom stereocenters. The van der Waals surface area contributed by atoms with E-state index in [9.17, 15) is 24.0 Å². The number of carbonyl (C=O) groups is 5. The van der Waals surface area contributed by atoms with Crippen molar-refractivity contribution in [3.63, 3.8) is 0 Å². The van der Waals surface area contributed by atoms with E-state index in [-0.39, 0.29) is 31.6 Å². The number of carbonyl (C=O) groups excluding carboxylic acids is 5. The first-order chi connectivity index (χ1) is 30.8. The summed E-state index contributed by atoms with van der Waals surface area (Å²) in [5.41, 5.74) is -3.43. The molecule has 0 aliphatic carbocycles. The first-order valence-electron chi connectivity index (χ1n) is 23.2. The highest BCUT2D eigenvalue weighted by molar-refractivity contribution is 6.05. The van der Waals surface area contributed by atoms with Crippen molar-refractivity contribution in [2.45, 2.75) is 177 Å². The number of nitrogens with one attached hydrogen (secondary N) is 2. The third kappa shape index (κ3) is 25.2. The Balaban J connectivity index is 2.29. The van der Waals surface area contributed by atoms with Crippen LogP contribution in [-0.4, -0.2) is 137 Å². The molecule has 0 saturated heterocycles. The average molecular weight is 945 g/mol. The third-order valence-electron chi connectivity index (χ3n) is 8.58. The molecule has 0 bridgehead atoms. The Hall–Kier alpha value is -5.62. The largest absolute Gasteiger partial charge is 0.492 e. The number of rotatable bonds is 14. The fraction of sp³-hybridized carbons (Fsp3) is 0.708. The number of guanidine groups is 2. The van der Waals surface area contributed by atoms with Gasteiger partial charge in [0.05, 0.1) is 6.54 Å². The van der Waals surface area contributed by atoms with Crippen molar-refractivity contribution in [1.82, 2.24) is 25.3 Å². The lowest BCUT2D eigenvalue weighted by Gasteiger charge is -2.34. The Morgan fingerprint density at radius 3 is 1.61 bits per heavy atom. The number of hydrogen-bond acceptors (Lipinski definition) is 13. The quantitative estimate of drug-likeness (QED) is 0.0771. The Morgan fingerprint density at radius 2 is 1.10 bits per heavy atom. The highest BCUT2D eigenvalue weighted by Crippen LogP contribution is 2.20. The first-order valence-corrected chi connectivity index (χ1v) is 23.2. The third-order valence-corrected chi connectivity index (χ3v) is 8.58. The minimum absolute atomic E-state index is 0.0267. The Labute approximate surface area is 398 Å². The molecule has 0 fully saturated rings. The predicted molar refractivity (Wildman–Crippen MR) is 259 cm³/mol. The number of amides is 5. The maximum absolute atomic E-state index is 14.1. The maximum Gasteiger partial charge on any atom is 0.437 e. The summed E-state index contributed by atoms with van der Waals surface area (Å²) >= 11 is 0. The molecule has 0 aromatic heterocycles. The number of hydrogen-bond donors (Lipinski definition) is 2.